The molecular formula is C27H25Cl2FN6O4. The van der Waals surface area contributed by atoms with Crippen LogP contribution in [-0.2, 0) is 18.3 Å². The highest BCUT2D eigenvalue weighted by molar-refractivity contribution is 6.31. The molecule has 13 heteroatoms. The van der Waals surface area contributed by atoms with Crippen molar-refractivity contribution >= 4 is 34.8 Å². The van der Waals surface area contributed by atoms with Gasteiger partial charge in [-0.1, -0.05) is 29.3 Å². The van der Waals surface area contributed by atoms with Crippen LogP contribution in [0.1, 0.15) is 42.9 Å². The van der Waals surface area contributed by atoms with Gasteiger partial charge in [-0.2, -0.15) is 4.98 Å². The molecule has 1 aliphatic rings. The smallest absolute Gasteiger partial charge is 0.319 e. The number of halogens is 3. The van der Waals surface area contributed by atoms with E-state index in [0.717, 1.165) is 0 Å². The van der Waals surface area contributed by atoms with Crippen molar-refractivity contribution in [2.24, 2.45) is 7.05 Å². The molecule has 1 atom stereocenters. The van der Waals surface area contributed by atoms with Crippen LogP contribution in [0.3, 0.4) is 0 Å². The molecule has 1 amide bonds. The van der Waals surface area contributed by atoms with Gasteiger partial charge in [0, 0.05) is 25.5 Å². The molecule has 0 saturated heterocycles. The van der Waals surface area contributed by atoms with Crippen LogP contribution in [0.4, 0.5) is 10.1 Å². The van der Waals surface area contributed by atoms with Gasteiger partial charge in [0.1, 0.15) is 22.7 Å². The Morgan fingerprint density at radius 2 is 1.82 bits per heavy atom. The lowest BCUT2D eigenvalue weighted by Crippen LogP contribution is -2.42. The van der Waals surface area contributed by atoms with E-state index in [1.54, 1.807) is 19.3 Å². The second-order valence-electron chi connectivity index (χ2n) is 9.49. The molecule has 208 valence electrons. The van der Waals surface area contributed by atoms with Crippen LogP contribution in [0.5, 0.6) is 11.9 Å². The third-order valence-electron chi connectivity index (χ3n) is 6.66. The number of carbonyl (C=O) groups is 1. The molecule has 0 spiro atoms. The molecule has 0 bridgehead atoms. The van der Waals surface area contributed by atoms with Crippen LogP contribution < -0.4 is 19.9 Å². The van der Waals surface area contributed by atoms with E-state index in [2.05, 4.69) is 9.97 Å². The Morgan fingerprint density at radius 3 is 2.45 bits per heavy atom. The minimum Gasteiger partial charge on any atom is -0.480 e. The number of fused-ring (bicyclic) bond motifs is 1. The maximum Gasteiger partial charge on any atom is 0.319 e. The van der Waals surface area contributed by atoms with Gasteiger partial charge in [-0.25, -0.2) is 14.4 Å². The summed E-state index contributed by atoms with van der Waals surface area (Å²) in [5.74, 6) is -0.260. The number of rotatable bonds is 6. The van der Waals surface area contributed by atoms with Gasteiger partial charge in [0.15, 0.2) is 0 Å². The van der Waals surface area contributed by atoms with Gasteiger partial charge in [0.25, 0.3) is 5.56 Å². The highest BCUT2D eigenvalue weighted by Crippen LogP contribution is 2.43. The summed E-state index contributed by atoms with van der Waals surface area (Å²) in [5, 5.41) is -0.112. The fraction of sp³-hybridized carbons (Fsp3) is 0.296. The van der Waals surface area contributed by atoms with Crippen LogP contribution >= 0.6 is 23.2 Å². The second kappa shape index (κ2) is 10.5. The number of hydrogen-bond acceptors (Lipinski definition) is 7. The quantitative estimate of drug-likeness (QED) is 0.321. The van der Waals surface area contributed by atoms with Gasteiger partial charge in [0.2, 0.25) is 11.8 Å². The van der Waals surface area contributed by atoms with Crippen molar-refractivity contribution in [2.45, 2.75) is 32.4 Å². The SMILES string of the molecule is COc1ncc(-c2nc3c(n2C(C)C)C(c2ccc(Cl)c(F)c2)N(c2cc(Cl)c(=O)n(C)c2)C(=O)C3)c(OC)n1. The minimum atomic E-state index is -0.842. The predicted octanol–water partition coefficient (Wildman–Crippen LogP) is 4.76. The first-order valence-corrected chi connectivity index (χ1v) is 13.0. The molecule has 5 rings (SSSR count). The molecule has 0 radical (unpaired) electrons. The molecule has 4 aromatic rings. The Labute approximate surface area is 238 Å². The molecule has 1 aromatic carbocycles. The van der Waals surface area contributed by atoms with E-state index >= 15 is 0 Å². The van der Waals surface area contributed by atoms with Crippen LogP contribution in [0.2, 0.25) is 10.0 Å². The predicted molar refractivity (Wildman–Crippen MR) is 148 cm³/mol. The standard InChI is InChI=1S/C27H25Cl2FN6O4/c1-13(2)35-23-20(32-24(35)16-11-31-27(40-5)33-25(16)39-4)10-21(37)36(15-9-18(29)26(38)34(3)12-15)22(23)14-6-7-17(28)19(30)8-14/h6-9,11-13,22H,10H2,1-5H3. The summed E-state index contributed by atoms with van der Waals surface area (Å²) in [7, 11) is 4.46. The monoisotopic (exact) mass is 586 g/mol. The average molecular weight is 587 g/mol. The Balaban J connectivity index is 1.83. The molecule has 10 nitrogen and oxygen atoms in total. The van der Waals surface area contributed by atoms with Crippen LogP contribution in [-0.4, -0.2) is 44.2 Å². The molecule has 3 aromatic heterocycles. The van der Waals surface area contributed by atoms with Crippen molar-refractivity contribution < 1.29 is 18.7 Å². The van der Waals surface area contributed by atoms with Gasteiger partial charge < -0.3 is 18.6 Å². The minimum absolute atomic E-state index is 0.0546. The van der Waals surface area contributed by atoms with Gasteiger partial charge in [-0.3, -0.25) is 14.5 Å². The summed E-state index contributed by atoms with van der Waals surface area (Å²) in [6.07, 6.45) is 3.00. The molecule has 40 heavy (non-hydrogen) atoms. The molecule has 0 fully saturated rings. The molecular weight excluding hydrogens is 562 g/mol. The Bertz CT molecular complexity index is 1680. The van der Waals surface area contributed by atoms with E-state index in [1.807, 2.05) is 18.4 Å². The van der Waals surface area contributed by atoms with E-state index in [0.29, 0.717) is 34.0 Å². The molecule has 4 heterocycles. The van der Waals surface area contributed by atoms with E-state index in [-0.39, 0.29) is 40.3 Å². The number of ether oxygens (including phenoxy) is 2. The maximum atomic E-state index is 14.8. The highest BCUT2D eigenvalue weighted by Gasteiger charge is 2.41. The van der Waals surface area contributed by atoms with Crippen molar-refractivity contribution in [2.75, 3.05) is 19.1 Å². The summed E-state index contributed by atoms with van der Waals surface area (Å²) in [5.41, 5.74) is 2.04. The molecule has 1 unspecified atom stereocenters. The van der Waals surface area contributed by atoms with Gasteiger partial charge in [0.05, 0.1) is 48.3 Å². The van der Waals surface area contributed by atoms with E-state index < -0.39 is 17.4 Å². The van der Waals surface area contributed by atoms with Crippen LogP contribution in [0, 0.1) is 5.82 Å². The molecule has 1 aliphatic heterocycles. The lowest BCUT2D eigenvalue weighted by Gasteiger charge is -2.37. The number of anilines is 1. The van der Waals surface area contributed by atoms with Crippen molar-refractivity contribution in [3.05, 3.63) is 79.8 Å². The Morgan fingerprint density at radius 1 is 1.07 bits per heavy atom. The number of methoxy groups -OCH3 is 2. The maximum absolute atomic E-state index is 14.8. The number of imidazole rings is 1. The molecule has 0 saturated carbocycles. The summed E-state index contributed by atoms with van der Waals surface area (Å²) >= 11 is 12.3. The van der Waals surface area contributed by atoms with Crippen molar-refractivity contribution in [3.8, 4) is 23.3 Å². The lowest BCUT2D eigenvalue weighted by atomic mass is 9.94. The number of benzene rings is 1. The Hall–Kier alpha value is -3.96. The zero-order chi connectivity index (χ0) is 28.9. The number of pyridine rings is 1. The Kier molecular flexibility index (Phi) is 7.28. The zero-order valence-electron chi connectivity index (χ0n) is 22.3. The van der Waals surface area contributed by atoms with Gasteiger partial charge in [-0.05, 0) is 37.6 Å². The summed E-state index contributed by atoms with van der Waals surface area (Å²) in [6, 6.07) is 4.93. The number of amides is 1. The first-order valence-electron chi connectivity index (χ1n) is 12.2. The third-order valence-corrected chi connectivity index (χ3v) is 7.23. The lowest BCUT2D eigenvalue weighted by molar-refractivity contribution is -0.118. The average Bonchev–Trinajstić information content (AvgIpc) is 3.30. The van der Waals surface area contributed by atoms with E-state index in [4.69, 9.17) is 37.7 Å². The normalized spacial score (nSPS) is 15.0. The summed E-state index contributed by atoms with van der Waals surface area (Å²) < 4.78 is 28.8. The molecule has 0 N–H and O–H groups in total. The zero-order valence-corrected chi connectivity index (χ0v) is 23.8. The highest BCUT2D eigenvalue weighted by atomic mass is 35.5. The van der Waals surface area contributed by atoms with Crippen molar-refractivity contribution in [1.29, 1.82) is 0 Å². The fourth-order valence-electron chi connectivity index (χ4n) is 4.95. The number of carbonyl (C=O) groups excluding carboxylic acids is 1. The number of hydrogen-bond donors (Lipinski definition) is 0. The van der Waals surface area contributed by atoms with Crippen molar-refractivity contribution in [3.63, 3.8) is 0 Å². The first-order chi connectivity index (χ1) is 19.0. The number of aromatic nitrogens is 5. The van der Waals surface area contributed by atoms with Crippen LogP contribution in [0.25, 0.3) is 11.4 Å². The van der Waals surface area contributed by atoms with E-state index in [1.165, 1.54) is 48.1 Å². The van der Waals surface area contributed by atoms with E-state index in [9.17, 15) is 14.0 Å². The second-order valence-corrected chi connectivity index (χ2v) is 10.3. The summed E-state index contributed by atoms with van der Waals surface area (Å²) in [4.78, 5) is 41.0. The number of nitrogens with zero attached hydrogens (tertiary/aromatic N) is 6. The third kappa shape index (κ3) is 4.58. The van der Waals surface area contributed by atoms with Gasteiger partial charge in [-0.15, -0.1) is 0 Å². The summed E-state index contributed by atoms with van der Waals surface area (Å²) in [6.45, 7) is 3.93. The topological polar surface area (TPSA) is 104 Å². The molecule has 0 aliphatic carbocycles. The largest absolute Gasteiger partial charge is 0.480 e. The first kappa shape index (κ1) is 27.6. The van der Waals surface area contributed by atoms with Crippen LogP contribution in [0.15, 0.2) is 41.5 Å². The van der Waals surface area contributed by atoms with Gasteiger partial charge >= 0.3 is 6.01 Å². The van der Waals surface area contributed by atoms with Crippen molar-refractivity contribution in [1.82, 2.24) is 24.1 Å². The fourth-order valence-corrected chi connectivity index (χ4v) is 5.31. The number of aryl methyl sites for hydroxylation is 1.